The summed E-state index contributed by atoms with van der Waals surface area (Å²) in [5.41, 5.74) is 0. The number of allylic oxidation sites excluding steroid dienone is 8. The van der Waals surface area contributed by atoms with E-state index < -0.39 is 0 Å². The van der Waals surface area contributed by atoms with E-state index in [9.17, 15) is 9.59 Å². The predicted molar refractivity (Wildman–Crippen MR) is 213 cm³/mol. The van der Waals surface area contributed by atoms with Crippen LogP contribution in [0.4, 0.5) is 0 Å². The van der Waals surface area contributed by atoms with Crippen molar-refractivity contribution in [1.82, 2.24) is 0 Å². The molecule has 0 rings (SSSR count). The summed E-state index contributed by atoms with van der Waals surface area (Å²) in [6, 6.07) is 0. The van der Waals surface area contributed by atoms with Gasteiger partial charge in [0.05, 0.1) is 13.2 Å². The van der Waals surface area contributed by atoms with Gasteiger partial charge >= 0.3 is 11.9 Å². The summed E-state index contributed by atoms with van der Waals surface area (Å²) in [5, 5.41) is 0. The molecule has 0 aliphatic carbocycles. The lowest BCUT2D eigenvalue weighted by Gasteiger charge is -2.06. The second-order valence-corrected chi connectivity index (χ2v) is 13.9. The van der Waals surface area contributed by atoms with Crippen LogP contribution < -0.4 is 0 Å². The zero-order chi connectivity index (χ0) is 35.6. The maximum atomic E-state index is 12.0. The van der Waals surface area contributed by atoms with Gasteiger partial charge in [-0.2, -0.15) is 0 Å². The lowest BCUT2D eigenvalue weighted by atomic mass is 10.0. The number of esters is 2. The number of rotatable bonds is 38. The maximum absolute atomic E-state index is 12.0. The quantitative estimate of drug-likeness (QED) is 0.0369. The Hall–Kier alpha value is -2.10. The van der Waals surface area contributed by atoms with Crippen molar-refractivity contribution in [3.05, 3.63) is 48.6 Å². The Balaban J connectivity index is 3.35. The number of hydrogen-bond donors (Lipinski definition) is 0. The molecule has 0 aromatic carbocycles. The predicted octanol–water partition coefficient (Wildman–Crippen LogP) is 14.4. The van der Waals surface area contributed by atoms with Gasteiger partial charge in [0.25, 0.3) is 0 Å². The SMILES string of the molecule is CCCCCC=CCC=CCC=CCCCCC(=O)OCCCOC(=O)CCCCCCCCCCCCCC=CCCCCCCCC. The second-order valence-electron chi connectivity index (χ2n) is 13.9. The first-order valence-corrected chi connectivity index (χ1v) is 21.1. The van der Waals surface area contributed by atoms with E-state index >= 15 is 0 Å². The van der Waals surface area contributed by atoms with Crippen molar-refractivity contribution in [2.24, 2.45) is 0 Å². The van der Waals surface area contributed by atoms with Crippen LogP contribution >= 0.6 is 0 Å². The van der Waals surface area contributed by atoms with Crippen LogP contribution in [0.15, 0.2) is 48.6 Å². The Morgan fingerprint density at radius 1 is 0.347 bits per heavy atom. The highest BCUT2D eigenvalue weighted by atomic mass is 16.5. The molecular weight excluding hydrogens is 604 g/mol. The van der Waals surface area contributed by atoms with Gasteiger partial charge in [-0.05, 0) is 77.0 Å². The fourth-order valence-corrected chi connectivity index (χ4v) is 5.80. The average Bonchev–Trinajstić information content (AvgIpc) is 3.10. The van der Waals surface area contributed by atoms with Gasteiger partial charge in [-0.1, -0.05) is 165 Å². The van der Waals surface area contributed by atoms with E-state index in [-0.39, 0.29) is 11.9 Å². The summed E-state index contributed by atoms with van der Waals surface area (Å²) in [7, 11) is 0. The molecule has 0 saturated carbocycles. The summed E-state index contributed by atoms with van der Waals surface area (Å²) < 4.78 is 10.6. The summed E-state index contributed by atoms with van der Waals surface area (Å²) in [5.74, 6) is -0.281. The topological polar surface area (TPSA) is 52.6 Å². The highest BCUT2D eigenvalue weighted by Gasteiger charge is 2.05. The first-order valence-electron chi connectivity index (χ1n) is 21.1. The standard InChI is InChI=1S/C45H80O4/c1-3-5-7-9-11-13-15-17-19-20-21-22-23-24-26-28-30-32-34-36-38-41-45(47)49-43-39-42-48-44(46)40-37-35-33-31-29-27-25-18-16-14-12-10-8-6-4-2/h12,14,17-19,25,29,31H,3-11,13,15-16,20-24,26-28,30,32-43H2,1-2H3. The zero-order valence-electron chi connectivity index (χ0n) is 32.6. The number of unbranched alkanes of at least 4 members (excludes halogenated alkanes) is 22. The van der Waals surface area contributed by atoms with Crippen LogP contribution in [-0.2, 0) is 19.1 Å². The van der Waals surface area contributed by atoms with Crippen LogP contribution in [0.3, 0.4) is 0 Å². The third kappa shape index (κ3) is 42.0. The fourth-order valence-electron chi connectivity index (χ4n) is 5.80. The molecule has 0 heterocycles. The lowest BCUT2D eigenvalue weighted by molar-refractivity contribution is -0.146. The molecule has 0 unspecified atom stereocenters. The smallest absolute Gasteiger partial charge is 0.305 e. The van der Waals surface area contributed by atoms with Crippen LogP contribution in [0.25, 0.3) is 0 Å². The van der Waals surface area contributed by atoms with Crippen molar-refractivity contribution in [3.8, 4) is 0 Å². The van der Waals surface area contributed by atoms with Crippen molar-refractivity contribution < 1.29 is 19.1 Å². The van der Waals surface area contributed by atoms with Crippen LogP contribution in [0.2, 0.25) is 0 Å². The number of hydrogen-bond acceptors (Lipinski definition) is 4. The molecule has 0 amide bonds. The number of ether oxygens (including phenoxy) is 2. The molecule has 0 radical (unpaired) electrons. The van der Waals surface area contributed by atoms with E-state index in [0.717, 1.165) is 44.9 Å². The van der Waals surface area contributed by atoms with Gasteiger partial charge in [0, 0.05) is 19.3 Å². The van der Waals surface area contributed by atoms with Gasteiger partial charge < -0.3 is 9.47 Å². The zero-order valence-corrected chi connectivity index (χ0v) is 32.6. The van der Waals surface area contributed by atoms with Crippen LogP contribution in [0, 0.1) is 0 Å². The minimum Gasteiger partial charge on any atom is -0.466 e. The van der Waals surface area contributed by atoms with Crippen molar-refractivity contribution in [1.29, 1.82) is 0 Å². The van der Waals surface area contributed by atoms with E-state index in [1.807, 2.05) is 0 Å². The highest BCUT2D eigenvalue weighted by Crippen LogP contribution is 2.14. The maximum Gasteiger partial charge on any atom is 0.305 e. The summed E-state index contributed by atoms with van der Waals surface area (Å²) in [6.45, 7) is 5.17. The Kier molecular flexibility index (Phi) is 40.3. The highest BCUT2D eigenvalue weighted by molar-refractivity contribution is 5.69. The van der Waals surface area contributed by atoms with Crippen LogP contribution in [0.5, 0.6) is 0 Å². The van der Waals surface area contributed by atoms with E-state index in [4.69, 9.17) is 9.47 Å². The molecule has 0 bridgehead atoms. The molecule has 0 aliphatic heterocycles. The molecule has 0 fully saturated rings. The van der Waals surface area contributed by atoms with Gasteiger partial charge in [0.15, 0.2) is 0 Å². The van der Waals surface area contributed by atoms with E-state index in [1.54, 1.807) is 0 Å². The van der Waals surface area contributed by atoms with Gasteiger partial charge in [-0.3, -0.25) is 9.59 Å². The normalized spacial score (nSPS) is 12.0. The Bertz CT molecular complexity index is 809. The first-order chi connectivity index (χ1) is 24.2. The summed E-state index contributed by atoms with van der Waals surface area (Å²) >= 11 is 0. The average molecular weight is 685 g/mol. The summed E-state index contributed by atoms with van der Waals surface area (Å²) in [4.78, 5) is 23.9. The molecule has 284 valence electrons. The second kappa shape index (κ2) is 42.1. The van der Waals surface area contributed by atoms with Crippen molar-refractivity contribution in [2.75, 3.05) is 13.2 Å². The molecular formula is C45H80O4. The molecule has 49 heavy (non-hydrogen) atoms. The molecule has 0 saturated heterocycles. The molecule has 0 N–H and O–H groups in total. The lowest BCUT2D eigenvalue weighted by Crippen LogP contribution is -2.10. The molecule has 4 nitrogen and oxygen atoms in total. The van der Waals surface area contributed by atoms with Crippen molar-refractivity contribution >= 4 is 11.9 Å². The molecule has 0 aromatic heterocycles. The first kappa shape index (κ1) is 46.9. The minimum absolute atomic E-state index is 0.127. The molecule has 4 heteroatoms. The van der Waals surface area contributed by atoms with E-state index in [0.29, 0.717) is 32.5 Å². The van der Waals surface area contributed by atoms with Gasteiger partial charge in [-0.15, -0.1) is 0 Å². The van der Waals surface area contributed by atoms with Gasteiger partial charge in [0.2, 0.25) is 0 Å². The summed E-state index contributed by atoms with van der Waals surface area (Å²) in [6.07, 6.45) is 54.5. The van der Waals surface area contributed by atoms with E-state index in [2.05, 4.69) is 62.5 Å². The largest absolute Gasteiger partial charge is 0.466 e. The van der Waals surface area contributed by atoms with Gasteiger partial charge in [0.1, 0.15) is 0 Å². The molecule has 0 spiro atoms. The number of carbonyl (C=O) groups excluding carboxylic acids is 2. The Morgan fingerprint density at radius 3 is 1.08 bits per heavy atom. The minimum atomic E-state index is -0.154. The van der Waals surface area contributed by atoms with Crippen molar-refractivity contribution in [2.45, 2.75) is 213 Å². The van der Waals surface area contributed by atoms with Crippen LogP contribution in [0.1, 0.15) is 213 Å². The third-order valence-corrected chi connectivity index (χ3v) is 8.98. The Morgan fingerprint density at radius 2 is 0.633 bits per heavy atom. The van der Waals surface area contributed by atoms with E-state index in [1.165, 1.54) is 135 Å². The Labute approximate surface area is 305 Å². The molecule has 0 aliphatic rings. The molecule has 0 atom stereocenters. The number of carbonyl (C=O) groups is 2. The monoisotopic (exact) mass is 685 g/mol. The molecule has 0 aromatic rings. The third-order valence-electron chi connectivity index (χ3n) is 8.98. The van der Waals surface area contributed by atoms with Gasteiger partial charge in [-0.25, -0.2) is 0 Å². The van der Waals surface area contributed by atoms with Crippen molar-refractivity contribution in [3.63, 3.8) is 0 Å². The van der Waals surface area contributed by atoms with Crippen LogP contribution in [-0.4, -0.2) is 25.2 Å². The fraction of sp³-hybridized carbons (Fsp3) is 0.778.